The van der Waals surface area contributed by atoms with Crippen LogP contribution in [-0.4, -0.2) is 9.97 Å². The van der Waals surface area contributed by atoms with E-state index in [0.717, 1.165) is 56.7 Å². The molecule has 1 unspecified atom stereocenters. The number of halogens is 3. The van der Waals surface area contributed by atoms with Crippen LogP contribution in [0, 0.1) is 11.8 Å². The maximum atomic E-state index is 13.8. The van der Waals surface area contributed by atoms with Crippen molar-refractivity contribution < 1.29 is 13.2 Å². The van der Waals surface area contributed by atoms with Gasteiger partial charge >= 0.3 is 6.18 Å². The Hall–Kier alpha value is -2.63. The minimum absolute atomic E-state index is 0.0846. The maximum absolute atomic E-state index is 13.8. The van der Waals surface area contributed by atoms with Crippen LogP contribution in [0.25, 0.3) is 11.3 Å². The molecule has 1 aromatic heterocycles. The monoisotopic (exact) mass is 497 g/mol. The SMILES string of the molecule is C=C(/C=C(\C(CC)CCC)C1CC1)Nc1nc(-c2ccccc2C(F)(F)F)cc(C2CCCCC2)n1. The molecule has 0 aliphatic heterocycles. The van der Waals surface area contributed by atoms with Gasteiger partial charge in [-0.3, -0.25) is 0 Å². The van der Waals surface area contributed by atoms with Gasteiger partial charge < -0.3 is 5.32 Å². The summed E-state index contributed by atoms with van der Waals surface area (Å²) in [5.41, 5.74) is 2.66. The number of nitrogens with zero attached hydrogens (tertiary/aromatic N) is 2. The largest absolute Gasteiger partial charge is 0.417 e. The van der Waals surface area contributed by atoms with Crippen molar-refractivity contribution in [3.05, 3.63) is 65.5 Å². The summed E-state index contributed by atoms with van der Waals surface area (Å²) < 4.78 is 41.4. The second-order valence-corrected chi connectivity index (χ2v) is 10.3. The topological polar surface area (TPSA) is 37.8 Å². The van der Waals surface area contributed by atoms with Gasteiger partial charge in [-0.2, -0.15) is 13.2 Å². The van der Waals surface area contributed by atoms with Crippen LogP contribution in [-0.2, 0) is 6.18 Å². The van der Waals surface area contributed by atoms with Crippen LogP contribution >= 0.6 is 0 Å². The lowest BCUT2D eigenvalue weighted by atomic mass is 9.86. The summed E-state index contributed by atoms with van der Waals surface area (Å²) in [6, 6.07) is 7.42. The van der Waals surface area contributed by atoms with Crippen molar-refractivity contribution in [1.82, 2.24) is 9.97 Å². The second kappa shape index (κ2) is 11.6. The number of nitrogens with one attached hydrogen (secondary N) is 1. The summed E-state index contributed by atoms with van der Waals surface area (Å²) in [4.78, 5) is 9.36. The molecule has 0 radical (unpaired) electrons. The number of hydrogen-bond acceptors (Lipinski definition) is 3. The molecule has 1 aromatic carbocycles. The number of anilines is 1. The van der Waals surface area contributed by atoms with Crippen LogP contribution in [0.15, 0.2) is 54.3 Å². The quantitative estimate of drug-likeness (QED) is 0.332. The Morgan fingerprint density at radius 1 is 1.08 bits per heavy atom. The van der Waals surface area contributed by atoms with Gasteiger partial charge in [0.2, 0.25) is 5.95 Å². The molecule has 0 saturated heterocycles. The second-order valence-electron chi connectivity index (χ2n) is 10.3. The Labute approximate surface area is 213 Å². The van der Waals surface area contributed by atoms with Gasteiger partial charge in [0, 0.05) is 22.9 Å². The average molecular weight is 498 g/mol. The Morgan fingerprint density at radius 2 is 1.81 bits per heavy atom. The predicted octanol–water partition coefficient (Wildman–Crippen LogP) is 9.30. The summed E-state index contributed by atoms with van der Waals surface area (Å²) in [6.45, 7) is 8.67. The first kappa shape index (κ1) is 26.4. The molecule has 2 aliphatic carbocycles. The van der Waals surface area contributed by atoms with Gasteiger partial charge in [0.25, 0.3) is 0 Å². The Morgan fingerprint density at radius 3 is 2.44 bits per heavy atom. The fraction of sp³-hybridized carbons (Fsp3) is 0.533. The van der Waals surface area contributed by atoms with Gasteiger partial charge in [-0.15, -0.1) is 0 Å². The predicted molar refractivity (Wildman–Crippen MR) is 141 cm³/mol. The van der Waals surface area contributed by atoms with E-state index in [2.05, 4.69) is 36.8 Å². The van der Waals surface area contributed by atoms with Crippen molar-refractivity contribution in [2.45, 2.75) is 90.1 Å². The van der Waals surface area contributed by atoms with Crippen molar-refractivity contribution in [1.29, 1.82) is 0 Å². The number of rotatable bonds is 10. The molecule has 2 fully saturated rings. The summed E-state index contributed by atoms with van der Waals surface area (Å²) in [7, 11) is 0. The highest BCUT2D eigenvalue weighted by molar-refractivity contribution is 5.66. The molecule has 4 rings (SSSR count). The Bertz CT molecular complexity index is 1080. The average Bonchev–Trinajstić information content (AvgIpc) is 3.71. The van der Waals surface area contributed by atoms with E-state index in [9.17, 15) is 13.2 Å². The van der Waals surface area contributed by atoms with E-state index in [1.54, 1.807) is 12.1 Å². The van der Waals surface area contributed by atoms with E-state index in [1.807, 2.05) is 0 Å². The summed E-state index contributed by atoms with van der Waals surface area (Å²) in [5.74, 6) is 1.71. The first-order valence-corrected chi connectivity index (χ1v) is 13.5. The van der Waals surface area contributed by atoms with Crippen LogP contribution in [0.1, 0.15) is 95.2 Å². The minimum atomic E-state index is -4.46. The van der Waals surface area contributed by atoms with Crippen molar-refractivity contribution in [3.63, 3.8) is 0 Å². The smallest absolute Gasteiger partial charge is 0.325 e. The van der Waals surface area contributed by atoms with Gasteiger partial charge in [0.05, 0.1) is 11.3 Å². The summed E-state index contributed by atoms with van der Waals surface area (Å²) in [6.07, 6.45) is 8.91. The van der Waals surface area contributed by atoms with Crippen molar-refractivity contribution >= 4 is 5.95 Å². The number of alkyl halides is 3. The van der Waals surface area contributed by atoms with Gasteiger partial charge in [0.1, 0.15) is 0 Å². The van der Waals surface area contributed by atoms with Crippen LogP contribution in [0.5, 0.6) is 0 Å². The number of allylic oxidation sites excluding steroid dienone is 2. The molecule has 6 heteroatoms. The van der Waals surface area contributed by atoms with Gasteiger partial charge in [-0.05, 0) is 68.6 Å². The molecule has 194 valence electrons. The molecule has 2 aromatic rings. The molecule has 3 nitrogen and oxygen atoms in total. The van der Waals surface area contributed by atoms with E-state index >= 15 is 0 Å². The summed E-state index contributed by atoms with van der Waals surface area (Å²) >= 11 is 0. The van der Waals surface area contributed by atoms with Crippen LogP contribution in [0.4, 0.5) is 19.1 Å². The summed E-state index contributed by atoms with van der Waals surface area (Å²) in [5, 5.41) is 3.25. The molecule has 2 saturated carbocycles. The zero-order chi connectivity index (χ0) is 25.7. The fourth-order valence-corrected chi connectivity index (χ4v) is 5.54. The minimum Gasteiger partial charge on any atom is -0.325 e. The standard InChI is InChI=1S/C30H38F3N3/c1-4-11-21(5-2)25(22-16-17-22)18-20(3)34-29-35-27(23-12-7-6-8-13-23)19-28(36-29)24-14-9-10-15-26(24)30(31,32)33/h9-10,14-15,18-19,21-23H,3-8,11-13,16-17H2,1-2H3,(H,34,35,36)/b25-18+. The van der Waals surface area contributed by atoms with Crippen LogP contribution in [0.2, 0.25) is 0 Å². The first-order valence-electron chi connectivity index (χ1n) is 13.5. The van der Waals surface area contributed by atoms with Gasteiger partial charge in [0.15, 0.2) is 0 Å². The van der Waals surface area contributed by atoms with Gasteiger partial charge in [-0.25, -0.2) is 9.97 Å². The molecular formula is C30H38F3N3. The molecule has 0 bridgehead atoms. The zero-order valence-corrected chi connectivity index (χ0v) is 21.5. The lowest BCUT2D eigenvalue weighted by Crippen LogP contribution is -2.12. The van der Waals surface area contributed by atoms with Crippen molar-refractivity contribution in [2.75, 3.05) is 5.32 Å². The van der Waals surface area contributed by atoms with Crippen LogP contribution in [0.3, 0.4) is 0 Å². The number of aromatic nitrogens is 2. The zero-order valence-electron chi connectivity index (χ0n) is 21.5. The van der Waals surface area contributed by atoms with E-state index in [-0.39, 0.29) is 11.5 Å². The molecule has 0 amide bonds. The van der Waals surface area contributed by atoms with Crippen molar-refractivity contribution in [3.8, 4) is 11.3 Å². The van der Waals surface area contributed by atoms with E-state index in [1.165, 1.54) is 37.0 Å². The number of hydrogen-bond donors (Lipinski definition) is 1. The Kier molecular flexibility index (Phi) is 8.53. The molecule has 1 atom stereocenters. The van der Waals surface area contributed by atoms with Crippen LogP contribution < -0.4 is 5.32 Å². The first-order chi connectivity index (χ1) is 17.3. The molecule has 1 N–H and O–H groups in total. The highest BCUT2D eigenvalue weighted by Crippen LogP contribution is 2.43. The maximum Gasteiger partial charge on any atom is 0.417 e. The van der Waals surface area contributed by atoms with E-state index < -0.39 is 11.7 Å². The molecule has 36 heavy (non-hydrogen) atoms. The third kappa shape index (κ3) is 6.57. The van der Waals surface area contributed by atoms with E-state index in [4.69, 9.17) is 4.98 Å². The molecular weight excluding hydrogens is 459 g/mol. The molecule has 2 aliphatic rings. The molecule has 0 spiro atoms. The Balaban J connectivity index is 1.69. The highest BCUT2D eigenvalue weighted by Gasteiger charge is 2.34. The lowest BCUT2D eigenvalue weighted by Gasteiger charge is -2.23. The normalized spacial score (nSPS) is 18.2. The fourth-order valence-electron chi connectivity index (χ4n) is 5.54. The van der Waals surface area contributed by atoms with E-state index in [0.29, 0.717) is 29.2 Å². The lowest BCUT2D eigenvalue weighted by molar-refractivity contribution is -0.137. The third-order valence-corrected chi connectivity index (χ3v) is 7.54. The van der Waals surface area contributed by atoms with Crippen molar-refractivity contribution in [2.24, 2.45) is 11.8 Å². The highest BCUT2D eigenvalue weighted by atomic mass is 19.4. The number of benzene rings is 1. The third-order valence-electron chi connectivity index (χ3n) is 7.54. The molecule has 1 heterocycles. The van der Waals surface area contributed by atoms with Gasteiger partial charge in [-0.1, -0.05) is 69.9 Å².